The van der Waals surface area contributed by atoms with Gasteiger partial charge in [-0.25, -0.2) is 0 Å². The average Bonchev–Trinajstić information content (AvgIpc) is 2.96. The summed E-state index contributed by atoms with van der Waals surface area (Å²) >= 11 is 8.45. The van der Waals surface area contributed by atoms with Crippen molar-refractivity contribution in [3.05, 3.63) is 43.7 Å². The molecule has 0 fully saturated rings. The maximum Gasteiger partial charge on any atom is 0.261 e. The van der Waals surface area contributed by atoms with Gasteiger partial charge in [0.25, 0.3) is 5.91 Å². The van der Waals surface area contributed by atoms with E-state index in [1.54, 1.807) is 19.1 Å². The summed E-state index contributed by atoms with van der Waals surface area (Å²) in [6.07, 6.45) is 0. The molecule has 0 spiro atoms. The van der Waals surface area contributed by atoms with Gasteiger partial charge in [0, 0.05) is 4.88 Å². The molecule has 2 N–H and O–H groups in total. The normalized spacial score (nSPS) is 14.2. The van der Waals surface area contributed by atoms with Crippen molar-refractivity contribution >= 4 is 40.2 Å². The summed E-state index contributed by atoms with van der Waals surface area (Å²) in [7, 11) is 0. The van der Waals surface area contributed by atoms with Crippen molar-refractivity contribution in [1.29, 1.82) is 0 Å². The quantitative estimate of drug-likeness (QED) is 0.911. The molecule has 1 atom stereocenters. The molecule has 3 nitrogen and oxygen atoms in total. The van der Waals surface area contributed by atoms with E-state index in [0.717, 1.165) is 4.88 Å². The van der Waals surface area contributed by atoms with Crippen molar-refractivity contribution in [3.63, 3.8) is 0 Å². The second-order valence-electron chi connectivity index (χ2n) is 4.04. The Morgan fingerprint density at radius 3 is 2.83 bits per heavy atom. The highest BCUT2D eigenvalue weighted by molar-refractivity contribution is 7.18. The van der Waals surface area contributed by atoms with Gasteiger partial charge >= 0.3 is 0 Å². The third-order valence-electron chi connectivity index (χ3n) is 2.44. The van der Waals surface area contributed by atoms with Gasteiger partial charge in [-0.15, -0.1) is 22.7 Å². The van der Waals surface area contributed by atoms with E-state index in [9.17, 15) is 9.90 Å². The highest BCUT2D eigenvalue weighted by Gasteiger charge is 2.25. The van der Waals surface area contributed by atoms with Gasteiger partial charge in [0.15, 0.2) is 0 Å². The molecule has 0 saturated heterocycles. The zero-order chi connectivity index (χ0) is 13.2. The maximum absolute atomic E-state index is 11.8. The molecule has 0 aliphatic heterocycles. The Morgan fingerprint density at radius 2 is 2.28 bits per heavy atom. The van der Waals surface area contributed by atoms with Crippen LogP contribution in [0.3, 0.4) is 0 Å². The lowest BCUT2D eigenvalue weighted by Crippen LogP contribution is -2.37. The Balaban J connectivity index is 1.98. The van der Waals surface area contributed by atoms with E-state index >= 15 is 0 Å². The topological polar surface area (TPSA) is 49.3 Å². The molecule has 1 amide bonds. The third-order valence-corrected chi connectivity index (χ3v) is 4.80. The van der Waals surface area contributed by atoms with Crippen LogP contribution in [-0.2, 0) is 5.60 Å². The van der Waals surface area contributed by atoms with Crippen molar-refractivity contribution in [2.75, 3.05) is 6.54 Å². The zero-order valence-electron chi connectivity index (χ0n) is 9.64. The summed E-state index contributed by atoms with van der Waals surface area (Å²) in [5, 5.41) is 14.9. The summed E-state index contributed by atoms with van der Waals surface area (Å²) in [6.45, 7) is 1.85. The zero-order valence-corrected chi connectivity index (χ0v) is 12.0. The maximum atomic E-state index is 11.8. The van der Waals surface area contributed by atoms with Crippen LogP contribution >= 0.6 is 34.3 Å². The monoisotopic (exact) mass is 301 g/mol. The van der Waals surface area contributed by atoms with Crippen LogP contribution in [0.5, 0.6) is 0 Å². The third kappa shape index (κ3) is 3.11. The van der Waals surface area contributed by atoms with E-state index in [0.29, 0.717) is 9.21 Å². The SMILES string of the molecule is CC(O)(CNC(=O)c1ccc(Cl)s1)c1cccs1. The molecule has 2 aromatic heterocycles. The number of hydrogen-bond donors (Lipinski definition) is 2. The standard InChI is InChI=1S/C12H12ClNO2S2/c1-12(16,9-3-2-6-17-9)7-14-11(15)8-4-5-10(13)18-8/h2-6,16H,7H2,1H3,(H,14,15). The number of halogens is 1. The molecule has 96 valence electrons. The fraction of sp³-hybridized carbons (Fsp3) is 0.250. The first-order valence-electron chi connectivity index (χ1n) is 5.29. The molecular weight excluding hydrogens is 290 g/mol. The predicted octanol–water partition coefficient (Wildman–Crippen LogP) is 3.10. The second-order valence-corrected chi connectivity index (χ2v) is 6.70. The fourth-order valence-electron chi connectivity index (χ4n) is 1.45. The number of aliphatic hydroxyl groups is 1. The highest BCUT2D eigenvalue weighted by Crippen LogP contribution is 2.25. The number of rotatable bonds is 4. The molecule has 18 heavy (non-hydrogen) atoms. The molecule has 0 saturated carbocycles. The highest BCUT2D eigenvalue weighted by atomic mass is 35.5. The Morgan fingerprint density at radius 1 is 1.50 bits per heavy atom. The number of amides is 1. The minimum atomic E-state index is -1.05. The number of carbonyl (C=O) groups is 1. The van der Waals surface area contributed by atoms with Gasteiger partial charge in [-0.1, -0.05) is 17.7 Å². The van der Waals surface area contributed by atoms with E-state index in [1.807, 2.05) is 17.5 Å². The lowest BCUT2D eigenvalue weighted by molar-refractivity contribution is 0.0558. The molecular formula is C12H12ClNO2S2. The van der Waals surface area contributed by atoms with Gasteiger partial charge in [-0.05, 0) is 30.5 Å². The first kappa shape index (κ1) is 13.5. The molecule has 2 aromatic rings. The van der Waals surface area contributed by atoms with E-state index in [-0.39, 0.29) is 12.5 Å². The predicted molar refractivity (Wildman–Crippen MR) is 75.6 cm³/mol. The molecule has 0 radical (unpaired) electrons. The van der Waals surface area contributed by atoms with Gasteiger partial charge in [0.1, 0.15) is 5.60 Å². The molecule has 0 aliphatic rings. The lowest BCUT2D eigenvalue weighted by atomic mass is 10.1. The number of thiophene rings is 2. The summed E-state index contributed by atoms with van der Waals surface area (Å²) in [4.78, 5) is 13.2. The van der Waals surface area contributed by atoms with E-state index in [2.05, 4.69) is 5.32 Å². The first-order valence-corrected chi connectivity index (χ1v) is 7.36. The van der Waals surface area contributed by atoms with Gasteiger partial charge in [-0.2, -0.15) is 0 Å². The minimum Gasteiger partial charge on any atom is -0.383 e. The molecule has 0 aliphatic carbocycles. The van der Waals surface area contributed by atoms with Crippen molar-refractivity contribution in [2.45, 2.75) is 12.5 Å². The van der Waals surface area contributed by atoms with E-state index in [1.165, 1.54) is 22.7 Å². The van der Waals surface area contributed by atoms with Gasteiger partial charge < -0.3 is 10.4 Å². The van der Waals surface area contributed by atoms with Crippen LogP contribution in [0.15, 0.2) is 29.6 Å². The molecule has 2 rings (SSSR count). The van der Waals surface area contributed by atoms with Crippen LogP contribution in [0.1, 0.15) is 21.5 Å². The van der Waals surface area contributed by atoms with Crippen LogP contribution in [-0.4, -0.2) is 17.6 Å². The molecule has 0 aromatic carbocycles. The van der Waals surface area contributed by atoms with Crippen LogP contribution in [0.2, 0.25) is 4.34 Å². The van der Waals surface area contributed by atoms with Crippen LogP contribution < -0.4 is 5.32 Å². The first-order chi connectivity index (χ1) is 8.49. The number of hydrogen-bond acceptors (Lipinski definition) is 4. The summed E-state index contributed by atoms with van der Waals surface area (Å²) < 4.78 is 0.574. The Kier molecular flexibility index (Phi) is 4.07. The van der Waals surface area contributed by atoms with Crippen molar-refractivity contribution in [1.82, 2.24) is 5.32 Å². The van der Waals surface area contributed by atoms with Crippen LogP contribution in [0.4, 0.5) is 0 Å². The smallest absolute Gasteiger partial charge is 0.261 e. The second kappa shape index (κ2) is 5.40. The average molecular weight is 302 g/mol. The van der Waals surface area contributed by atoms with Crippen molar-refractivity contribution in [3.8, 4) is 0 Å². The van der Waals surface area contributed by atoms with Gasteiger partial charge in [0.2, 0.25) is 0 Å². The summed E-state index contributed by atoms with van der Waals surface area (Å²) in [6, 6.07) is 7.06. The lowest BCUT2D eigenvalue weighted by Gasteiger charge is -2.22. The minimum absolute atomic E-state index is 0.169. The Labute approximate surface area is 118 Å². The van der Waals surface area contributed by atoms with Crippen LogP contribution in [0.25, 0.3) is 0 Å². The summed E-state index contributed by atoms with van der Waals surface area (Å²) in [5.74, 6) is -0.219. The van der Waals surface area contributed by atoms with Crippen molar-refractivity contribution < 1.29 is 9.90 Å². The fourth-order valence-corrected chi connectivity index (χ4v) is 3.19. The van der Waals surface area contributed by atoms with Crippen molar-refractivity contribution in [2.24, 2.45) is 0 Å². The Bertz CT molecular complexity index is 534. The number of carbonyl (C=O) groups excluding carboxylic acids is 1. The summed E-state index contributed by atoms with van der Waals surface area (Å²) in [5.41, 5.74) is -1.05. The Hall–Kier alpha value is -0.880. The van der Waals surface area contributed by atoms with Gasteiger partial charge in [-0.3, -0.25) is 4.79 Å². The number of nitrogens with one attached hydrogen (secondary N) is 1. The van der Waals surface area contributed by atoms with E-state index in [4.69, 9.17) is 11.6 Å². The van der Waals surface area contributed by atoms with Crippen LogP contribution in [0, 0.1) is 0 Å². The molecule has 6 heteroatoms. The largest absolute Gasteiger partial charge is 0.383 e. The molecule has 0 bridgehead atoms. The molecule has 1 unspecified atom stereocenters. The van der Waals surface area contributed by atoms with E-state index < -0.39 is 5.60 Å². The van der Waals surface area contributed by atoms with Gasteiger partial charge in [0.05, 0.1) is 15.8 Å². The molecule has 2 heterocycles.